The Kier molecular flexibility index (Phi) is 4.22. The lowest BCUT2D eigenvalue weighted by Crippen LogP contribution is -2.14. The number of carbonyl (C=O) groups is 1. The Hall–Kier alpha value is -2.86. The van der Waals surface area contributed by atoms with Crippen LogP contribution in [0.2, 0.25) is 5.02 Å². The zero-order chi connectivity index (χ0) is 17.3. The Labute approximate surface area is 142 Å². The number of amides is 1. The topological polar surface area (TPSA) is 85.4 Å². The molecule has 7 heteroatoms. The van der Waals surface area contributed by atoms with Gasteiger partial charge in [-0.1, -0.05) is 11.6 Å². The molecule has 2 aromatic carbocycles. The molecule has 0 spiro atoms. The maximum atomic E-state index is 12.2. The van der Waals surface area contributed by atoms with Crippen LogP contribution in [0.4, 0.5) is 11.4 Å². The Balaban J connectivity index is 1.75. The van der Waals surface area contributed by atoms with Gasteiger partial charge in [-0.05, 0) is 36.8 Å². The molecule has 0 radical (unpaired) electrons. The molecule has 3 aromatic rings. The van der Waals surface area contributed by atoms with Crippen molar-refractivity contribution in [3.63, 3.8) is 0 Å². The van der Waals surface area contributed by atoms with E-state index in [1.807, 2.05) is 13.0 Å². The fraction of sp³-hybridized carbons (Fsp3) is 0.118. The highest BCUT2D eigenvalue weighted by atomic mass is 35.5. The van der Waals surface area contributed by atoms with Crippen molar-refractivity contribution in [3.05, 3.63) is 68.9 Å². The van der Waals surface area contributed by atoms with E-state index in [4.69, 9.17) is 16.0 Å². The molecule has 0 unspecified atom stereocenters. The highest BCUT2D eigenvalue weighted by Gasteiger charge is 2.13. The van der Waals surface area contributed by atoms with Crippen LogP contribution in [0.3, 0.4) is 0 Å². The number of benzene rings is 2. The van der Waals surface area contributed by atoms with Crippen LogP contribution in [0.1, 0.15) is 11.1 Å². The number of halogens is 1. The smallest absolute Gasteiger partial charge is 0.269 e. The van der Waals surface area contributed by atoms with E-state index >= 15 is 0 Å². The second-order valence-electron chi connectivity index (χ2n) is 5.39. The van der Waals surface area contributed by atoms with Crippen LogP contribution < -0.4 is 5.32 Å². The van der Waals surface area contributed by atoms with Crippen molar-refractivity contribution in [2.45, 2.75) is 13.3 Å². The summed E-state index contributed by atoms with van der Waals surface area (Å²) in [6.45, 7) is 1.88. The summed E-state index contributed by atoms with van der Waals surface area (Å²) in [6, 6.07) is 9.27. The number of carbonyl (C=O) groups excluding carboxylic acids is 1. The molecule has 24 heavy (non-hydrogen) atoms. The van der Waals surface area contributed by atoms with Crippen LogP contribution in [0.5, 0.6) is 0 Å². The lowest BCUT2D eigenvalue weighted by atomic mass is 10.1. The maximum absolute atomic E-state index is 12.2. The number of nitro benzene ring substituents is 1. The molecule has 1 amide bonds. The van der Waals surface area contributed by atoms with E-state index in [2.05, 4.69) is 5.32 Å². The third kappa shape index (κ3) is 3.23. The van der Waals surface area contributed by atoms with Crippen molar-refractivity contribution in [1.82, 2.24) is 0 Å². The van der Waals surface area contributed by atoms with Crippen molar-refractivity contribution in [2.24, 2.45) is 0 Å². The average molecular weight is 345 g/mol. The van der Waals surface area contributed by atoms with Gasteiger partial charge in [0, 0.05) is 33.8 Å². The van der Waals surface area contributed by atoms with Crippen LogP contribution in [-0.4, -0.2) is 10.8 Å². The molecule has 1 heterocycles. The van der Waals surface area contributed by atoms with Crippen molar-refractivity contribution < 1.29 is 14.1 Å². The number of rotatable bonds is 4. The van der Waals surface area contributed by atoms with Crippen molar-refractivity contribution in [1.29, 1.82) is 0 Å². The number of furan rings is 1. The molecular formula is C17H13ClN2O4. The average Bonchev–Trinajstić information content (AvgIpc) is 2.90. The molecule has 0 saturated heterocycles. The van der Waals surface area contributed by atoms with Gasteiger partial charge in [-0.3, -0.25) is 14.9 Å². The summed E-state index contributed by atoms with van der Waals surface area (Å²) in [6.07, 6.45) is 1.65. The highest BCUT2D eigenvalue weighted by Crippen LogP contribution is 2.28. The quantitative estimate of drug-likeness (QED) is 0.558. The molecule has 3 rings (SSSR count). The van der Waals surface area contributed by atoms with Crippen LogP contribution in [0, 0.1) is 17.0 Å². The lowest BCUT2D eigenvalue weighted by molar-refractivity contribution is -0.384. The van der Waals surface area contributed by atoms with E-state index in [0.29, 0.717) is 16.3 Å². The first-order valence-corrected chi connectivity index (χ1v) is 7.52. The minimum absolute atomic E-state index is 0.0289. The highest BCUT2D eigenvalue weighted by molar-refractivity contribution is 6.32. The van der Waals surface area contributed by atoms with Crippen molar-refractivity contribution in [3.8, 4) is 0 Å². The van der Waals surface area contributed by atoms with Gasteiger partial charge in [0.1, 0.15) is 5.58 Å². The summed E-state index contributed by atoms with van der Waals surface area (Å²) >= 11 is 6.13. The fourth-order valence-corrected chi connectivity index (χ4v) is 2.55. The Morgan fingerprint density at radius 3 is 2.67 bits per heavy atom. The Morgan fingerprint density at radius 2 is 2.00 bits per heavy atom. The van der Waals surface area contributed by atoms with Gasteiger partial charge < -0.3 is 9.73 Å². The van der Waals surface area contributed by atoms with Crippen LogP contribution in [-0.2, 0) is 11.2 Å². The predicted octanol–water partition coefficient (Wildman–Crippen LogP) is 4.48. The number of aryl methyl sites for hydroxylation is 1. The number of fused-ring (bicyclic) bond motifs is 1. The molecule has 122 valence electrons. The number of nitrogens with one attached hydrogen (secondary N) is 1. The van der Waals surface area contributed by atoms with Gasteiger partial charge in [-0.2, -0.15) is 0 Å². The molecule has 0 aliphatic rings. The molecule has 0 aliphatic carbocycles. The fourth-order valence-electron chi connectivity index (χ4n) is 2.38. The van der Waals surface area contributed by atoms with Gasteiger partial charge in [0.15, 0.2) is 0 Å². The van der Waals surface area contributed by atoms with E-state index in [9.17, 15) is 14.9 Å². The van der Waals surface area contributed by atoms with Gasteiger partial charge in [-0.15, -0.1) is 0 Å². The summed E-state index contributed by atoms with van der Waals surface area (Å²) in [5.41, 5.74) is 2.77. The van der Waals surface area contributed by atoms with E-state index in [1.165, 1.54) is 30.5 Å². The standard InChI is InChI=1S/C17H13ClN2O4/c1-10-6-16-14(8-15(10)18)11(9-24-16)7-17(21)19-12-2-4-13(5-3-12)20(22)23/h2-6,8-9H,7H2,1H3,(H,19,21). The zero-order valence-corrected chi connectivity index (χ0v) is 13.5. The molecule has 6 nitrogen and oxygen atoms in total. The first-order chi connectivity index (χ1) is 11.4. The zero-order valence-electron chi connectivity index (χ0n) is 12.7. The normalized spacial score (nSPS) is 10.8. The number of nitrogens with zero attached hydrogens (tertiary/aromatic N) is 1. The molecular weight excluding hydrogens is 332 g/mol. The Bertz CT molecular complexity index is 932. The van der Waals surface area contributed by atoms with Crippen LogP contribution >= 0.6 is 11.6 Å². The van der Waals surface area contributed by atoms with E-state index in [0.717, 1.165) is 16.5 Å². The van der Waals surface area contributed by atoms with Crippen LogP contribution in [0.15, 0.2) is 47.1 Å². The number of non-ortho nitro benzene ring substituents is 1. The van der Waals surface area contributed by atoms with Crippen molar-refractivity contribution in [2.75, 3.05) is 5.32 Å². The second kappa shape index (κ2) is 6.33. The molecule has 0 fully saturated rings. The van der Waals surface area contributed by atoms with Gasteiger partial charge in [0.25, 0.3) is 5.69 Å². The molecule has 0 saturated carbocycles. The SMILES string of the molecule is Cc1cc2occ(CC(=O)Nc3ccc([N+](=O)[O-])cc3)c2cc1Cl. The second-order valence-corrected chi connectivity index (χ2v) is 5.79. The number of hydrogen-bond donors (Lipinski definition) is 1. The molecule has 1 N–H and O–H groups in total. The number of nitro groups is 1. The summed E-state index contributed by atoms with van der Waals surface area (Å²) in [4.78, 5) is 22.3. The minimum atomic E-state index is -0.491. The van der Waals surface area contributed by atoms with Gasteiger partial charge in [-0.25, -0.2) is 0 Å². The lowest BCUT2D eigenvalue weighted by Gasteiger charge is -2.04. The number of hydrogen-bond acceptors (Lipinski definition) is 4. The van der Waals surface area contributed by atoms with E-state index in [1.54, 1.807) is 6.07 Å². The first-order valence-electron chi connectivity index (χ1n) is 7.14. The predicted molar refractivity (Wildman–Crippen MR) is 91.4 cm³/mol. The first kappa shape index (κ1) is 16.0. The molecule has 0 atom stereocenters. The third-order valence-corrected chi connectivity index (χ3v) is 4.06. The van der Waals surface area contributed by atoms with E-state index in [-0.39, 0.29) is 18.0 Å². The molecule has 1 aromatic heterocycles. The summed E-state index contributed by atoms with van der Waals surface area (Å²) < 4.78 is 5.46. The van der Waals surface area contributed by atoms with Crippen molar-refractivity contribution >= 4 is 39.9 Å². The van der Waals surface area contributed by atoms with Gasteiger partial charge >= 0.3 is 0 Å². The van der Waals surface area contributed by atoms with Gasteiger partial charge in [0.2, 0.25) is 5.91 Å². The molecule has 0 aliphatic heterocycles. The summed E-state index contributed by atoms with van der Waals surface area (Å²) in [5.74, 6) is -0.247. The largest absolute Gasteiger partial charge is 0.464 e. The van der Waals surface area contributed by atoms with Gasteiger partial charge in [0.05, 0.1) is 17.6 Å². The summed E-state index contributed by atoms with van der Waals surface area (Å²) in [7, 11) is 0. The minimum Gasteiger partial charge on any atom is -0.464 e. The Morgan fingerprint density at radius 1 is 1.29 bits per heavy atom. The molecule has 0 bridgehead atoms. The number of anilines is 1. The monoisotopic (exact) mass is 344 g/mol. The third-order valence-electron chi connectivity index (χ3n) is 3.65. The van der Waals surface area contributed by atoms with Crippen LogP contribution in [0.25, 0.3) is 11.0 Å². The maximum Gasteiger partial charge on any atom is 0.269 e. The summed E-state index contributed by atoms with van der Waals surface area (Å²) in [5, 5.41) is 14.7. The van der Waals surface area contributed by atoms with E-state index < -0.39 is 4.92 Å².